The minimum atomic E-state index is -5.01. The van der Waals surface area contributed by atoms with Gasteiger partial charge < -0.3 is 15.5 Å². The summed E-state index contributed by atoms with van der Waals surface area (Å²) in [6.45, 7) is 3.15. The van der Waals surface area contributed by atoms with Gasteiger partial charge in [-0.05, 0) is 62.4 Å². The predicted octanol–water partition coefficient (Wildman–Crippen LogP) is 6.41. The number of carbonyl (C=O) groups excluding carboxylic acids is 1. The Kier molecular flexibility index (Phi) is 7.97. The molecule has 0 saturated heterocycles. The number of aryl methyl sites for hydroxylation is 2. The number of carbonyl (C=O) groups is 1. The first-order chi connectivity index (χ1) is 18.6. The largest absolute Gasteiger partial charge is 0.416 e. The number of nitrogens with two attached hydrogens (primary N) is 1. The molecule has 1 aliphatic carbocycles. The van der Waals surface area contributed by atoms with Crippen molar-refractivity contribution in [3.05, 3.63) is 52.2 Å². The quantitative estimate of drug-likeness (QED) is 0.333. The van der Waals surface area contributed by atoms with E-state index < -0.39 is 36.1 Å². The molecule has 218 valence electrons. The van der Waals surface area contributed by atoms with E-state index >= 15 is 0 Å². The Morgan fingerprint density at radius 1 is 1.05 bits per heavy atom. The normalized spacial score (nSPS) is 15.6. The molecule has 1 unspecified atom stereocenters. The van der Waals surface area contributed by atoms with Gasteiger partial charge >= 0.3 is 18.4 Å². The van der Waals surface area contributed by atoms with Gasteiger partial charge in [-0.3, -0.25) is 4.68 Å². The Labute approximate surface area is 227 Å². The number of fused-ring (bicyclic) bond motifs is 1. The molecule has 1 aliphatic rings. The summed E-state index contributed by atoms with van der Waals surface area (Å²) in [5.74, 6) is 0.975. The standard InChI is InChI=1S/C27H32F6N6O/c1-15-22-11-19(23(35-24(22)38(4)36-15)37(3)16(2)18-7-5-6-8-18)14-39(25(34)40)13-17-9-20(26(28,29)30)12-21(10-17)27(31,32)33/h9-12,16,18H,5-8,13-14H2,1-4H3,(H2,34,40). The number of hydrogen-bond acceptors (Lipinski definition) is 4. The van der Waals surface area contributed by atoms with Crippen molar-refractivity contribution >= 4 is 22.9 Å². The highest BCUT2D eigenvalue weighted by atomic mass is 19.4. The first-order valence-corrected chi connectivity index (χ1v) is 12.9. The Balaban J connectivity index is 1.75. The molecule has 1 atom stereocenters. The average molecular weight is 571 g/mol. The molecule has 2 N–H and O–H groups in total. The third-order valence-corrected chi connectivity index (χ3v) is 7.78. The number of urea groups is 1. The maximum absolute atomic E-state index is 13.4. The lowest BCUT2D eigenvalue weighted by molar-refractivity contribution is -0.143. The molecule has 3 aromatic rings. The van der Waals surface area contributed by atoms with E-state index in [9.17, 15) is 31.1 Å². The maximum Gasteiger partial charge on any atom is 0.416 e. The van der Waals surface area contributed by atoms with E-state index in [0.29, 0.717) is 46.2 Å². The number of pyridine rings is 1. The number of nitrogens with zero attached hydrogens (tertiary/aromatic N) is 5. The maximum atomic E-state index is 13.4. The summed E-state index contributed by atoms with van der Waals surface area (Å²) in [5, 5.41) is 5.13. The van der Waals surface area contributed by atoms with Gasteiger partial charge in [0, 0.05) is 37.6 Å². The molecular formula is C27H32F6N6O. The van der Waals surface area contributed by atoms with Crippen LogP contribution in [-0.2, 0) is 32.5 Å². The summed E-state index contributed by atoms with van der Waals surface area (Å²) >= 11 is 0. The Morgan fingerprint density at radius 2 is 1.62 bits per heavy atom. The number of halogens is 6. The van der Waals surface area contributed by atoms with E-state index in [4.69, 9.17) is 10.7 Å². The number of benzene rings is 1. The summed E-state index contributed by atoms with van der Waals surface area (Å²) in [6, 6.07) is 2.17. The Hall–Kier alpha value is -3.51. The van der Waals surface area contributed by atoms with Crippen LogP contribution >= 0.6 is 0 Å². The lowest BCUT2D eigenvalue weighted by atomic mass is 9.98. The van der Waals surface area contributed by atoms with Gasteiger partial charge in [0.15, 0.2) is 5.65 Å². The monoisotopic (exact) mass is 570 g/mol. The molecule has 13 heteroatoms. The second-order valence-corrected chi connectivity index (χ2v) is 10.6. The van der Waals surface area contributed by atoms with E-state index in [-0.39, 0.29) is 24.2 Å². The van der Waals surface area contributed by atoms with Crippen molar-refractivity contribution in [1.82, 2.24) is 19.7 Å². The molecular weight excluding hydrogens is 538 g/mol. The number of primary amides is 1. The van der Waals surface area contributed by atoms with E-state index in [1.54, 1.807) is 24.7 Å². The number of aromatic nitrogens is 3. The number of anilines is 1. The molecule has 0 spiro atoms. The third kappa shape index (κ3) is 6.12. The molecule has 1 saturated carbocycles. The molecule has 1 fully saturated rings. The molecule has 1 aromatic carbocycles. The Bertz CT molecular complexity index is 1360. The van der Waals surface area contributed by atoms with Crippen LogP contribution in [0.15, 0.2) is 24.3 Å². The average Bonchev–Trinajstić information content (AvgIpc) is 3.49. The molecule has 40 heavy (non-hydrogen) atoms. The van der Waals surface area contributed by atoms with Gasteiger partial charge in [-0.25, -0.2) is 9.78 Å². The van der Waals surface area contributed by atoms with E-state index in [0.717, 1.165) is 30.6 Å². The van der Waals surface area contributed by atoms with Crippen LogP contribution in [-0.4, -0.2) is 38.8 Å². The van der Waals surface area contributed by atoms with Gasteiger partial charge in [-0.15, -0.1) is 0 Å². The predicted molar refractivity (Wildman–Crippen MR) is 138 cm³/mol. The summed E-state index contributed by atoms with van der Waals surface area (Å²) in [4.78, 5) is 20.4. The van der Waals surface area contributed by atoms with Gasteiger partial charge in [0.25, 0.3) is 0 Å². The zero-order valence-corrected chi connectivity index (χ0v) is 22.7. The fraction of sp³-hybridized carbons (Fsp3) is 0.519. The number of alkyl halides is 6. The van der Waals surface area contributed by atoms with E-state index in [1.165, 1.54) is 0 Å². The van der Waals surface area contributed by atoms with Crippen molar-refractivity contribution in [3.8, 4) is 0 Å². The molecule has 2 heterocycles. The van der Waals surface area contributed by atoms with Crippen molar-refractivity contribution in [1.29, 1.82) is 0 Å². The molecule has 7 nitrogen and oxygen atoms in total. The minimum absolute atomic E-state index is 0.0542. The molecule has 0 aliphatic heterocycles. The zero-order chi connectivity index (χ0) is 29.6. The first-order valence-electron chi connectivity index (χ1n) is 12.9. The van der Waals surface area contributed by atoms with Gasteiger partial charge in [-0.1, -0.05) is 12.8 Å². The first kappa shape index (κ1) is 29.5. The molecule has 2 amide bonds. The van der Waals surface area contributed by atoms with Crippen LogP contribution in [0.3, 0.4) is 0 Å². The molecule has 0 radical (unpaired) electrons. The van der Waals surface area contributed by atoms with Crippen LogP contribution in [0.25, 0.3) is 11.0 Å². The zero-order valence-electron chi connectivity index (χ0n) is 22.7. The van der Waals surface area contributed by atoms with E-state index in [1.807, 2.05) is 11.9 Å². The summed E-state index contributed by atoms with van der Waals surface area (Å²) in [5.41, 5.74) is 4.19. The van der Waals surface area contributed by atoms with Crippen LogP contribution in [0.5, 0.6) is 0 Å². The van der Waals surface area contributed by atoms with Gasteiger partial charge in [0.2, 0.25) is 0 Å². The number of rotatable bonds is 7. The lowest BCUT2D eigenvalue weighted by Crippen LogP contribution is -2.38. The fourth-order valence-corrected chi connectivity index (χ4v) is 5.49. The fourth-order valence-electron chi connectivity index (χ4n) is 5.49. The van der Waals surface area contributed by atoms with Crippen LogP contribution in [0.1, 0.15) is 60.6 Å². The van der Waals surface area contributed by atoms with Crippen molar-refractivity contribution in [2.45, 2.75) is 71.0 Å². The highest BCUT2D eigenvalue weighted by Crippen LogP contribution is 2.37. The summed E-state index contributed by atoms with van der Waals surface area (Å²) < 4.78 is 82.1. The van der Waals surface area contributed by atoms with E-state index in [2.05, 4.69) is 12.0 Å². The molecule has 2 aromatic heterocycles. The van der Waals surface area contributed by atoms with Crippen molar-refractivity contribution < 1.29 is 31.1 Å². The Morgan fingerprint density at radius 3 is 2.15 bits per heavy atom. The van der Waals surface area contributed by atoms with Crippen LogP contribution in [0.2, 0.25) is 0 Å². The van der Waals surface area contributed by atoms with Crippen LogP contribution in [0, 0.1) is 12.8 Å². The second-order valence-electron chi connectivity index (χ2n) is 10.6. The highest BCUT2D eigenvalue weighted by molar-refractivity contribution is 5.82. The highest BCUT2D eigenvalue weighted by Gasteiger charge is 2.37. The topological polar surface area (TPSA) is 80.3 Å². The second kappa shape index (κ2) is 10.8. The van der Waals surface area contributed by atoms with Crippen molar-refractivity contribution in [2.75, 3.05) is 11.9 Å². The SMILES string of the molecule is Cc1nn(C)c2nc(N(C)C(C)C3CCCC3)c(CN(Cc3cc(C(F)(F)F)cc(C(F)(F)F)c3)C(N)=O)cc12. The summed E-state index contributed by atoms with van der Waals surface area (Å²) in [7, 11) is 3.65. The molecule has 4 rings (SSSR count). The smallest absolute Gasteiger partial charge is 0.356 e. The van der Waals surface area contributed by atoms with Gasteiger partial charge in [0.1, 0.15) is 5.82 Å². The van der Waals surface area contributed by atoms with Crippen molar-refractivity contribution in [2.24, 2.45) is 18.7 Å². The number of amides is 2. The van der Waals surface area contributed by atoms with Crippen molar-refractivity contribution in [3.63, 3.8) is 0 Å². The van der Waals surface area contributed by atoms with Crippen LogP contribution in [0.4, 0.5) is 37.0 Å². The van der Waals surface area contributed by atoms with Gasteiger partial charge in [-0.2, -0.15) is 31.4 Å². The molecule has 0 bridgehead atoms. The summed E-state index contributed by atoms with van der Waals surface area (Å²) in [6.07, 6.45) is -5.61. The minimum Gasteiger partial charge on any atom is -0.356 e. The van der Waals surface area contributed by atoms with Gasteiger partial charge in [0.05, 0.1) is 23.4 Å². The van der Waals surface area contributed by atoms with Crippen LogP contribution < -0.4 is 10.6 Å². The third-order valence-electron chi connectivity index (χ3n) is 7.78. The lowest BCUT2D eigenvalue weighted by Gasteiger charge is -2.33. The number of hydrogen-bond donors (Lipinski definition) is 1.